The Bertz CT molecular complexity index is 604. The van der Waals surface area contributed by atoms with E-state index in [0.29, 0.717) is 16.7 Å². The predicted molar refractivity (Wildman–Crippen MR) is 87.7 cm³/mol. The minimum atomic E-state index is 0.445. The molecule has 0 atom stereocenters. The summed E-state index contributed by atoms with van der Waals surface area (Å²) in [6, 6.07) is 11.5. The monoisotopic (exact) mass is 373 g/mol. The molecule has 0 aliphatic rings. The molecular formula is C15H14BrCl2NO. The van der Waals surface area contributed by atoms with Gasteiger partial charge in [-0.25, -0.2) is 0 Å². The Kier molecular flexibility index (Phi) is 5.73. The number of benzene rings is 2. The zero-order chi connectivity index (χ0) is 14.5. The highest BCUT2D eigenvalue weighted by molar-refractivity contribution is 9.10. The molecular weight excluding hydrogens is 361 g/mol. The molecule has 0 saturated carbocycles. The van der Waals surface area contributed by atoms with E-state index in [9.17, 15) is 0 Å². The van der Waals surface area contributed by atoms with Crippen molar-refractivity contribution in [2.45, 2.75) is 13.2 Å². The molecule has 0 amide bonds. The van der Waals surface area contributed by atoms with Gasteiger partial charge in [0, 0.05) is 6.54 Å². The van der Waals surface area contributed by atoms with E-state index in [-0.39, 0.29) is 0 Å². The predicted octanol–water partition coefficient (Wildman–Crippen LogP) is 5.05. The average Bonchev–Trinajstić information content (AvgIpc) is 2.42. The van der Waals surface area contributed by atoms with Crippen LogP contribution in [-0.4, -0.2) is 7.05 Å². The zero-order valence-corrected chi connectivity index (χ0v) is 14.0. The molecule has 0 radical (unpaired) electrons. The number of halogens is 3. The zero-order valence-electron chi connectivity index (χ0n) is 10.9. The highest BCUT2D eigenvalue weighted by Crippen LogP contribution is 2.28. The number of hydrogen-bond acceptors (Lipinski definition) is 2. The van der Waals surface area contributed by atoms with Gasteiger partial charge < -0.3 is 10.1 Å². The minimum Gasteiger partial charge on any atom is -0.488 e. The van der Waals surface area contributed by atoms with Gasteiger partial charge in [0.05, 0.1) is 14.5 Å². The maximum absolute atomic E-state index is 5.98. The van der Waals surface area contributed by atoms with E-state index < -0.39 is 0 Å². The third-order valence-electron chi connectivity index (χ3n) is 2.76. The normalized spacial score (nSPS) is 10.6. The van der Waals surface area contributed by atoms with Crippen LogP contribution in [0, 0.1) is 0 Å². The van der Waals surface area contributed by atoms with E-state index >= 15 is 0 Å². The second-order valence-corrected chi connectivity index (χ2v) is 6.00. The molecule has 0 spiro atoms. The van der Waals surface area contributed by atoms with E-state index in [1.807, 2.05) is 37.4 Å². The summed E-state index contributed by atoms with van der Waals surface area (Å²) >= 11 is 15.4. The summed E-state index contributed by atoms with van der Waals surface area (Å²) in [4.78, 5) is 0. The third-order valence-corrected chi connectivity index (χ3v) is 4.11. The van der Waals surface area contributed by atoms with Gasteiger partial charge in [-0.15, -0.1) is 0 Å². The van der Waals surface area contributed by atoms with Gasteiger partial charge in [-0.1, -0.05) is 35.3 Å². The first-order chi connectivity index (χ1) is 9.60. The first-order valence-corrected chi connectivity index (χ1v) is 7.65. The van der Waals surface area contributed by atoms with Crippen molar-refractivity contribution in [3.05, 3.63) is 62.0 Å². The van der Waals surface area contributed by atoms with Gasteiger partial charge in [0.25, 0.3) is 0 Å². The molecule has 5 heteroatoms. The summed E-state index contributed by atoms with van der Waals surface area (Å²) in [5, 5.41) is 4.20. The third kappa shape index (κ3) is 4.13. The summed E-state index contributed by atoms with van der Waals surface area (Å²) < 4.78 is 6.72. The van der Waals surface area contributed by atoms with Crippen molar-refractivity contribution in [3.63, 3.8) is 0 Å². The Morgan fingerprint density at radius 2 is 1.80 bits per heavy atom. The molecule has 0 saturated heterocycles. The highest BCUT2D eigenvalue weighted by atomic mass is 79.9. The van der Waals surface area contributed by atoms with Crippen molar-refractivity contribution in [1.29, 1.82) is 0 Å². The molecule has 0 unspecified atom stereocenters. The minimum absolute atomic E-state index is 0.445. The first-order valence-electron chi connectivity index (χ1n) is 6.10. The summed E-state index contributed by atoms with van der Waals surface area (Å²) in [5.74, 6) is 0.802. The maximum Gasteiger partial charge on any atom is 0.134 e. The van der Waals surface area contributed by atoms with E-state index in [1.54, 1.807) is 6.07 Å². The summed E-state index contributed by atoms with van der Waals surface area (Å²) in [7, 11) is 1.92. The SMILES string of the molecule is CNCc1ccc(OCc2ccc(Cl)c(Cl)c2)c(Br)c1. The molecule has 20 heavy (non-hydrogen) atoms. The Morgan fingerprint density at radius 3 is 2.45 bits per heavy atom. The van der Waals surface area contributed by atoms with Gasteiger partial charge in [-0.3, -0.25) is 0 Å². The van der Waals surface area contributed by atoms with Crippen molar-refractivity contribution in [2.24, 2.45) is 0 Å². The van der Waals surface area contributed by atoms with Crippen LogP contribution in [-0.2, 0) is 13.2 Å². The summed E-state index contributed by atoms with van der Waals surface area (Å²) in [5.41, 5.74) is 2.17. The Morgan fingerprint density at radius 1 is 1.05 bits per heavy atom. The molecule has 0 bridgehead atoms. The Labute approximate surface area is 137 Å². The molecule has 0 heterocycles. The van der Waals surface area contributed by atoms with Gasteiger partial charge in [0.2, 0.25) is 0 Å². The van der Waals surface area contributed by atoms with Crippen molar-refractivity contribution < 1.29 is 4.74 Å². The van der Waals surface area contributed by atoms with Gasteiger partial charge in [-0.2, -0.15) is 0 Å². The number of rotatable bonds is 5. The van der Waals surface area contributed by atoms with Gasteiger partial charge in [-0.05, 0) is 58.4 Å². The van der Waals surface area contributed by atoms with Crippen LogP contribution in [0.2, 0.25) is 10.0 Å². The largest absolute Gasteiger partial charge is 0.488 e. The molecule has 106 valence electrons. The van der Waals surface area contributed by atoms with Crippen LogP contribution in [0.5, 0.6) is 5.75 Å². The molecule has 2 nitrogen and oxygen atoms in total. The maximum atomic E-state index is 5.98. The fourth-order valence-electron chi connectivity index (χ4n) is 1.77. The van der Waals surface area contributed by atoms with Gasteiger partial charge in [0.1, 0.15) is 12.4 Å². The van der Waals surface area contributed by atoms with Crippen molar-refractivity contribution in [3.8, 4) is 5.75 Å². The van der Waals surface area contributed by atoms with Crippen LogP contribution in [0.4, 0.5) is 0 Å². The van der Waals surface area contributed by atoms with Crippen LogP contribution in [0.15, 0.2) is 40.9 Å². The van der Waals surface area contributed by atoms with Crippen molar-refractivity contribution >= 4 is 39.1 Å². The lowest BCUT2D eigenvalue weighted by atomic mass is 10.2. The molecule has 2 aromatic rings. The molecule has 0 aliphatic heterocycles. The molecule has 1 N–H and O–H groups in total. The lowest BCUT2D eigenvalue weighted by molar-refractivity contribution is 0.304. The van der Waals surface area contributed by atoms with E-state index in [1.165, 1.54) is 5.56 Å². The molecule has 2 aromatic carbocycles. The summed E-state index contributed by atoms with van der Waals surface area (Å²) in [6.07, 6.45) is 0. The van der Waals surface area contributed by atoms with Crippen LogP contribution >= 0.6 is 39.1 Å². The second kappa shape index (κ2) is 7.32. The number of ether oxygens (including phenoxy) is 1. The second-order valence-electron chi connectivity index (χ2n) is 4.33. The quantitative estimate of drug-likeness (QED) is 0.790. The lowest BCUT2D eigenvalue weighted by Crippen LogP contribution is -2.05. The number of hydrogen-bond donors (Lipinski definition) is 1. The Balaban J connectivity index is 2.05. The topological polar surface area (TPSA) is 21.3 Å². The van der Waals surface area contributed by atoms with Gasteiger partial charge >= 0.3 is 0 Å². The first kappa shape index (κ1) is 15.6. The van der Waals surface area contributed by atoms with Crippen LogP contribution in [0.3, 0.4) is 0 Å². The van der Waals surface area contributed by atoms with Crippen LogP contribution < -0.4 is 10.1 Å². The molecule has 2 rings (SSSR count). The lowest BCUT2D eigenvalue weighted by Gasteiger charge is -2.10. The smallest absolute Gasteiger partial charge is 0.134 e. The van der Waals surface area contributed by atoms with Crippen molar-refractivity contribution in [2.75, 3.05) is 7.05 Å². The molecule has 0 aromatic heterocycles. The fourth-order valence-corrected chi connectivity index (χ4v) is 2.63. The van der Waals surface area contributed by atoms with Crippen molar-refractivity contribution in [1.82, 2.24) is 5.32 Å². The van der Waals surface area contributed by atoms with E-state index in [0.717, 1.165) is 22.3 Å². The Hall–Kier alpha value is -0.740. The number of nitrogens with one attached hydrogen (secondary N) is 1. The van der Waals surface area contributed by atoms with E-state index in [2.05, 4.69) is 21.2 Å². The van der Waals surface area contributed by atoms with Gasteiger partial charge in [0.15, 0.2) is 0 Å². The van der Waals surface area contributed by atoms with E-state index in [4.69, 9.17) is 27.9 Å². The van der Waals surface area contributed by atoms with Crippen LogP contribution in [0.25, 0.3) is 0 Å². The fraction of sp³-hybridized carbons (Fsp3) is 0.200. The average molecular weight is 375 g/mol. The standard InChI is InChI=1S/C15H14BrCl2NO/c1-19-8-10-3-5-15(12(16)6-10)20-9-11-2-4-13(17)14(18)7-11/h2-7,19H,8-9H2,1H3. The molecule has 0 aliphatic carbocycles. The highest BCUT2D eigenvalue weighted by Gasteiger charge is 2.04. The molecule has 0 fully saturated rings. The van der Waals surface area contributed by atoms with Crippen LogP contribution in [0.1, 0.15) is 11.1 Å². The summed E-state index contributed by atoms with van der Waals surface area (Å²) in [6.45, 7) is 1.27.